The zero-order valence-corrected chi connectivity index (χ0v) is 21.0. The lowest BCUT2D eigenvalue weighted by molar-refractivity contribution is -0.118. The fraction of sp³-hybridized carbons (Fsp3) is 0.161. The van der Waals surface area contributed by atoms with Crippen molar-refractivity contribution in [2.45, 2.75) is 18.9 Å². The second-order valence-corrected chi connectivity index (χ2v) is 9.01. The number of hydrogen-bond acceptors (Lipinski definition) is 4. The minimum absolute atomic E-state index is 0.166. The van der Waals surface area contributed by atoms with Gasteiger partial charge in [0, 0.05) is 16.9 Å². The van der Waals surface area contributed by atoms with Crippen molar-refractivity contribution in [1.29, 1.82) is 0 Å². The van der Waals surface area contributed by atoms with Gasteiger partial charge in [0.15, 0.2) is 0 Å². The number of aryl methyl sites for hydroxylation is 1. The van der Waals surface area contributed by atoms with E-state index >= 15 is 0 Å². The Labute approximate surface area is 216 Å². The summed E-state index contributed by atoms with van der Waals surface area (Å²) in [4.78, 5) is 29.7. The minimum atomic E-state index is -0.662. The Bertz CT molecular complexity index is 1430. The Hall–Kier alpha value is -4.58. The van der Waals surface area contributed by atoms with Gasteiger partial charge in [-0.3, -0.25) is 14.5 Å². The molecule has 4 aromatic rings. The average molecular weight is 493 g/mol. The Morgan fingerprint density at radius 3 is 2.11 bits per heavy atom. The molecule has 0 spiro atoms. The topological polar surface area (TPSA) is 67.9 Å². The summed E-state index contributed by atoms with van der Waals surface area (Å²) in [5.74, 6) is 0.363. The molecule has 0 aliphatic carbocycles. The number of nitrogens with zero attached hydrogens (tertiary/aromatic N) is 1. The van der Waals surface area contributed by atoms with Crippen LogP contribution in [0.1, 0.15) is 39.0 Å². The molecule has 1 N–H and O–H groups in total. The summed E-state index contributed by atoms with van der Waals surface area (Å²) in [6.07, 6.45) is 0. The zero-order valence-electron chi connectivity index (χ0n) is 21.0. The second kappa shape index (κ2) is 10.2. The first-order valence-corrected chi connectivity index (χ1v) is 12.1. The van der Waals surface area contributed by atoms with E-state index in [-0.39, 0.29) is 11.8 Å². The molecule has 0 aromatic heterocycles. The van der Waals surface area contributed by atoms with Gasteiger partial charge in [-0.05, 0) is 78.2 Å². The molecule has 2 atom stereocenters. The zero-order chi connectivity index (χ0) is 25.9. The fourth-order valence-electron chi connectivity index (χ4n) is 4.93. The number of fused-ring (bicyclic) bond motifs is 1. The maximum atomic E-state index is 14.0. The van der Waals surface area contributed by atoms with Gasteiger partial charge >= 0.3 is 0 Å². The molecular formula is C31H28N2O4. The normalized spacial score (nSPS) is 16.6. The van der Waals surface area contributed by atoms with E-state index in [1.807, 2.05) is 97.9 Å². The number of benzene rings is 4. The van der Waals surface area contributed by atoms with E-state index in [9.17, 15) is 9.59 Å². The molecule has 6 heteroatoms. The van der Waals surface area contributed by atoms with Crippen LogP contribution < -0.4 is 19.7 Å². The van der Waals surface area contributed by atoms with Gasteiger partial charge in [-0.25, -0.2) is 0 Å². The van der Waals surface area contributed by atoms with Crippen LogP contribution in [0.4, 0.5) is 11.4 Å². The second-order valence-electron chi connectivity index (χ2n) is 9.01. The first-order chi connectivity index (χ1) is 18.0. The van der Waals surface area contributed by atoms with E-state index in [4.69, 9.17) is 9.47 Å². The largest absolute Gasteiger partial charge is 0.497 e. The molecule has 0 bridgehead atoms. The summed E-state index contributed by atoms with van der Waals surface area (Å²) in [6.45, 7) is 1.98. The number of carbonyl (C=O) groups excluding carboxylic acids is 2. The average Bonchev–Trinajstić information content (AvgIpc) is 2.93. The first-order valence-electron chi connectivity index (χ1n) is 12.1. The summed E-state index contributed by atoms with van der Waals surface area (Å²) in [6, 6.07) is 29.3. The highest BCUT2D eigenvalue weighted by Crippen LogP contribution is 2.46. The third-order valence-electron chi connectivity index (χ3n) is 6.71. The Morgan fingerprint density at radius 1 is 0.811 bits per heavy atom. The molecule has 1 heterocycles. The number of hydrogen-bond donors (Lipinski definition) is 1. The van der Waals surface area contributed by atoms with Crippen LogP contribution in [0, 0.1) is 6.92 Å². The van der Waals surface area contributed by atoms with Gasteiger partial charge in [0.1, 0.15) is 11.5 Å². The van der Waals surface area contributed by atoms with Crippen LogP contribution in [0.5, 0.6) is 11.5 Å². The number of nitrogens with one attached hydrogen (secondary N) is 1. The molecule has 0 saturated heterocycles. The van der Waals surface area contributed by atoms with Gasteiger partial charge < -0.3 is 14.8 Å². The van der Waals surface area contributed by atoms with Crippen molar-refractivity contribution >= 4 is 23.2 Å². The molecule has 4 aromatic carbocycles. The van der Waals surface area contributed by atoms with Crippen LogP contribution in [0.25, 0.3) is 0 Å². The van der Waals surface area contributed by atoms with Crippen LogP contribution in [-0.4, -0.2) is 26.0 Å². The maximum Gasteiger partial charge on any atom is 0.259 e. The number of anilines is 2. The van der Waals surface area contributed by atoms with E-state index in [0.717, 1.165) is 11.1 Å². The summed E-state index contributed by atoms with van der Waals surface area (Å²) in [5, 5.41) is 3.10. The summed E-state index contributed by atoms with van der Waals surface area (Å²) in [7, 11) is 3.21. The highest BCUT2D eigenvalue weighted by Gasteiger charge is 2.45. The van der Waals surface area contributed by atoms with E-state index in [0.29, 0.717) is 34.0 Å². The number of ether oxygens (including phenoxy) is 2. The molecule has 37 heavy (non-hydrogen) atoms. The molecule has 5 rings (SSSR count). The van der Waals surface area contributed by atoms with Crippen molar-refractivity contribution in [1.82, 2.24) is 0 Å². The van der Waals surface area contributed by atoms with Crippen molar-refractivity contribution in [3.8, 4) is 11.5 Å². The Kier molecular flexibility index (Phi) is 6.64. The minimum Gasteiger partial charge on any atom is -0.497 e. The van der Waals surface area contributed by atoms with Crippen LogP contribution in [0.2, 0.25) is 0 Å². The highest BCUT2D eigenvalue weighted by atomic mass is 16.5. The number of amides is 2. The molecule has 0 radical (unpaired) electrons. The van der Waals surface area contributed by atoms with E-state index < -0.39 is 12.0 Å². The molecule has 6 nitrogen and oxygen atoms in total. The van der Waals surface area contributed by atoms with Crippen molar-refractivity contribution in [3.63, 3.8) is 0 Å². The lowest BCUT2D eigenvalue weighted by atomic mass is 9.78. The van der Waals surface area contributed by atoms with E-state index in [1.165, 1.54) is 0 Å². The van der Waals surface area contributed by atoms with Gasteiger partial charge in [0.25, 0.3) is 5.91 Å². The SMILES string of the molecule is COc1ccc([C@@H]2[C@@H](C(=O)Nc3cccc(C)c3)c3ccccc3C(=O)N2c2ccc(OC)cc2)cc1. The molecule has 0 unspecified atom stereocenters. The molecule has 0 fully saturated rings. The van der Waals surface area contributed by atoms with Crippen LogP contribution in [0.15, 0.2) is 97.1 Å². The van der Waals surface area contributed by atoms with Crippen molar-refractivity contribution in [2.75, 3.05) is 24.4 Å². The first kappa shape index (κ1) is 24.1. The number of rotatable bonds is 6. The number of methoxy groups -OCH3 is 2. The van der Waals surface area contributed by atoms with Crippen LogP contribution >= 0.6 is 0 Å². The van der Waals surface area contributed by atoms with Crippen LogP contribution in [0.3, 0.4) is 0 Å². The molecule has 186 valence electrons. The summed E-state index contributed by atoms with van der Waals surface area (Å²) >= 11 is 0. The van der Waals surface area contributed by atoms with Crippen LogP contribution in [-0.2, 0) is 4.79 Å². The van der Waals surface area contributed by atoms with Gasteiger partial charge in [-0.15, -0.1) is 0 Å². The highest BCUT2D eigenvalue weighted by molar-refractivity contribution is 6.12. The third-order valence-corrected chi connectivity index (χ3v) is 6.71. The number of carbonyl (C=O) groups is 2. The van der Waals surface area contributed by atoms with Gasteiger partial charge in [-0.1, -0.05) is 42.5 Å². The van der Waals surface area contributed by atoms with E-state index in [2.05, 4.69) is 5.32 Å². The molecule has 0 saturated carbocycles. The molecule has 1 aliphatic rings. The summed E-state index contributed by atoms with van der Waals surface area (Å²) in [5.41, 5.74) is 4.46. The third kappa shape index (κ3) is 4.66. The lowest BCUT2D eigenvalue weighted by Crippen LogP contribution is -2.46. The Balaban J connectivity index is 1.68. The van der Waals surface area contributed by atoms with Gasteiger partial charge in [0.2, 0.25) is 5.91 Å². The quantitative estimate of drug-likeness (QED) is 0.351. The molecule has 2 amide bonds. The molecular weight excluding hydrogens is 464 g/mol. The van der Waals surface area contributed by atoms with Crippen molar-refractivity contribution in [2.24, 2.45) is 0 Å². The maximum absolute atomic E-state index is 14.0. The monoisotopic (exact) mass is 492 g/mol. The standard InChI is InChI=1S/C31H28N2O4/c1-20-7-6-8-22(19-20)32-30(34)28-26-9-4-5-10-27(26)31(35)33(23-13-17-25(37-3)18-14-23)29(28)21-11-15-24(36-2)16-12-21/h4-19,28-29H,1-3H3,(H,32,34)/t28-,29+/m0/s1. The lowest BCUT2D eigenvalue weighted by Gasteiger charge is -2.42. The Morgan fingerprint density at radius 2 is 1.46 bits per heavy atom. The van der Waals surface area contributed by atoms with Crippen molar-refractivity contribution < 1.29 is 19.1 Å². The van der Waals surface area contributed by atoms with Gasteiger partial charge in [-0.2, -0.15) is 0 Å². The van der Waals surface area contributed by atoms with E-state index in [1.54, 1.807) is 25.2 Å². The van der Waals surface area contributed by atoms with Crippen molar-refractivity contribution in [3.05, 3.63) is 119 Å². The molecule has 1 aliphatic heterocycles. The predicted molar refractivity (Wildman–Crippen MR) is 145 cm³/mol. The van der Waals surface area contributed by atoms with Gasteiger partial charge in [0.05, 0.1) is 26.2 Å². The predicted octanol–water partition coefficient (Wildman–Crippen LogP) is 6.14. The fourth-order valence-corrected chi connectivity index (χ4v) is 4.93. The smallest absolute Gasteiger partial charge is 0.259 e. The summed E-state index contributed by atoms with van der Waals surface area (Å²) < 4.78 is 10.7.